The van der Waals surface area contributed by atoms with Crippen LogP contribution in [-0.4, -0.2) is 17.1 Å². The van der Waals surface area contributed by atoms with E-state index in [4.69, 9.17) is 4.74 Å². The van der Waals surface area contributed by atoms with E-state index in [-0.39, 0.29) is 28.6 Å². The first-order valence-electron chi connectivity index (χ1n) is 7.30. The van der Waals surface area contributed by atoms with Gasteiger partial charge in [0.1, 0.15) is 0 Å². The summed E-state index contributed by atoms with van der Waals surface area (Å²) in [7, 11) is 0. The van der Waals surface area contributed by atoms with E-state index in [1.54, 1.807) is 0 Å². The van der Waals surface area contributed by atoms with Crippen molar-refractivity contribution in [3.63, 3.8) is 0 Å². The molecule has 0 radical (unpaired) electrons. The number of nitrogens with one attached hydrogen (secondary N) is 1. The first kappa shape index (κ1) is 13.6. The van der Waals surface area contributed by atoms with Crippen LogP contribution in [-0.2, 0) is 9.53 Å². The molecule has 0 aromatic heterocycles. The Labute approximate surface area is 120 Å². The standard InChI is InChI=1S/C17H23NO2/c1-15(2)11-17(16(3,4)20-15)10-13(19)18-14(17)12-8-6-5-7-9-12/h5-9,14H,10-11H2,1-4H3,(H,18,19). The van der Waals surface area contributed by atoms with Crippen LogP contribution in [0.3, 0.4) is 0 Å². The first-order valence-corrected chi connectivity index (χ1v) is 7.30. The van der Waals surface area contributed by atoms with E-state index in [0.717, 1.165) is 6.42 Å². The Morgan fingerprint density at radius 2 is 1.80 bits per heavy atom. The zero-order valence-corrected chi connectivity index (χ0v) is 12.7. The van der Waals surface area contributed by atoms with E-state index in [1.165, 1.54) is 5.56 Å². The number of hydrogen-bond donors (Lipinski definition) is 1. The monoisotopic (exact) mass is 273 g/mol. The molecular formula is C17H23NO2. The quantitative estimate of drug-likeness (QED) is 0.853. The molecule has 0 bridgehead atoms. The summed E-state index contributed by atoms with van der Waals surface area (Å²) in [5, 5.41) is 3.18. The molecular weight excluding hydrogens is 250 g/mol. The summed E-state index contributed by atoms with van der Waals surface area (Å²) in [6.07, 6.45) is 1.44. The molecule has 2 saturated heterocycles. The highest BCUT2D eigenvalue weighted by Gasteiger charge is 2.64. The van der Waals surface area contributed by atoms with Crippen LogP contribution in [0.4, 0.5) is 0 Å². The Hall–Kier alpha value is -1.35. The van der Waals surface area contributed by atoms with Crippen molar-refractivity contribution in [2.24, 2.45) is 5.41 Å². The number of amides is 1. The largest absolute Gasteiger partial charge is 0.369 e. The van der Waals surface area contributed by atoms with E-state index in [1.807, 2.05) is 18.2 Å². The third-order valence-electron chi connectivity index (χ3n) is 4.94. The normalized spacial score (nSPS) is 34.4. The molecule has 1 aromatic rings. The molecule has 2 aliphatic heterocycles. The highest BCUT2D eigenvalue weighted by molar-refractivity contribution is 5.81. The van der Waals surface area contributed by atoms with Crippen molar-refractivity contribution in [3.05, 3.63) is 35.9 Å². The minimum atomic E-state index is -0.323. The van der Waals surface area contributed by atoms with Crippen LogP contribution in [0.25, 0.3) is 0 Å². The van der Waals surface area contributed by atoms with Gasteiger partial charge in [-0.1, -0.05) is 30.3 Å². The summed E-state index contributed by atoms with van der Waals surface area (Å²) in [5.41, 5.74) is 0.487. The van der Waals surface area contributed by atoms with Gasteiger partial charge in [-0.15, -0.1) is 0 Å². The second-order valence-corrected chi connectivity index (χ2v) is 7.29. The molecule has 2 atom stereocenters. The maximum Gasteiger partial charge on any atom is 0.221 e. The smallest absolute Gasteiger partial charge is 0.221 e. The predicted molar refractivity (Wildman–Crippen MR) is 78.2 cm³/mol. The highest BCUT2D eigenvalue weighted by atomic mass is 16.5. The molecule has 3 rings (SSSR count). The predicted octanol–water partition coefficient (Wildman–Crippen LogP) is 3.21. The highest BCUT2D eigenvalue weighted by Crippen LogP contribution is 2.61. The average molecular weight is 273 g/mol. The van der Waals surface area contributed by atoms with E-state index in [2.05, 4.69) is 45.1 Å². The molecule has 3 nitrogen and oxygen atoms in total. The number of benzene rings is 1. The molecule has 108 valence electrons. The van der Waals surface area contributed by atoms with Crippen molar-refractivity contribution < 1.29 is 9.53 Å². The molecule has 0 aliphatic carbocycles. The van der Waals surface area contributed by atoms with Crippen LogP contribution in [0.2, 0.25) is 0 Å². The van der Waals surface area contributed by atoms with Crippen LogP contribution in [0.1, 0.15) is 52.1 Å². The Kier molecular flexibility index (Phi) is 2.78. The molecule has 2 fully saturated rings. The zero-order chi connectivity index (χ0) is 14.6. The summed E-state index contributed by atoms with van der Waals surface area (Å²) < 4.78 is 6.28. The number of hydrogen-bond acceptors (Lipinski definition) is 2. The van der Waals surface area contributed by atoms with E-state index in [0.29, 0.717) is 6.42 Å². The van der Waals surface area contributed by atoms with Crippen molar-refractivity contribution in [1.29, 1.82) is 0 Å². The van der Waals surface area contributed by atoms with E-state index < -0.39 is 0 Å². The van der Waals surface area contributed by atoms with Gasteiger partial charge in [0.25, 0.3) is 0 Å². The SMILES string of the molecule is CC1(C)CC2(CC(=O)NC2c2ccccc2)C(C)(C)O1. The molecule has 1 amide bonds. The van der Waals surface area contributed by atoms with Gasteiger partial charge in [0.2, 0.25) is 5.91 Å². The minimum absolute atomic E-state index is 0.0352. The van der Waals surface area contributed by atoms with Gasteiger partial charge in [-0.2, -0.15) is 0 Å². The maximum absolute atomic E-state index is 12.1. The molecule has 20 heavy (non-hydrogen) atoms. The Bertz CT molecular complexity index is 535. The van der Waals surface area contributed by atoms with E-state index >= 15 is 0 Å². The van der Waals surface area contributed by atoms with Gasteiger partial charge < -0.3 is 10.1 Å². The number of carbonyl (C=O) groups is 1. The van der Waals surface area contributed by atoms with Gasteiger partial charge in [-0.25, -0.2) is 0 Å². The molecule has 1 N–H and O–H groups in total. The van der Waals surface area contributed by atoms with E-state index in [9.17, 15) is 4.79 Å². The average Bonchev–Trinajstić information content (AvgIpc) is 2.75. The fourth-order valence-electron chi connectivity index (χ4n) is 4.31. The lowest BCUT2D eigenvalue weighted by atomic mass is 9.64. The Morgan fingerprint density at radius 3 is 2.35 bits per heavy atom. The van der Waals surface area contributed by atoms with Crippen LogP contribution in [0, 0.1) is 5.41 Å². The molecule has 1 spiro atoms. The van der Waals surface area contributed by atoms with Crippen molar-refractivity contribution in [3.8, 4) is 0 Å². The van der Waals surface area contributed by atoms with Gasteiger partial charge in [-0.05, 0) is 39.7 Å². The van der Waals surface area contributed by atoms with Crippen molar-refractivity contribution in [2.45, 2.75) is 57.8 Å². The number of rotatable bonds is 1. The molecule has 2 unspecified atom stereocenters. The van der Waals surface area contributed by atoms with Crippen molar-refractivity contribution in [2.75, 3.05) is 0 Å². The van der Waals surface area contributed by atoms with Gasteiger partial charge >= 0.3 is 0 Å². The lowest BCUT2D eigenvalue weighted by molar-refractivity contribution is -0.121. The summed E-state index contributed by atoms with van der Waals surface area (Å²) in [5.74, 6) is 0.133. The molecule has 1 aromatic carbocycles. The number of ether oxygens (including phenoxy) is 1. The molecule has 2 aliphatic rings. The second kappa shape index (κ2) is 4.08. The van der Waals surface area contributed by atoms with Crippen LogP contribution >= 0.6 is 0 Å². The van der Waals surface area contributed by atoms with Crippen LogP contribution < -0.4 is 5.32 Å². The van der Waals surface area contributed by atoms with Gasteiger partial charge in [0.15, 0.2) is 0 Å². The molecule has 0 saturated carbocycles. The second-order valence-electron chi connectivity index (χ2n) is 7.29. The maximum atomic E-state index is 12.1. The molecule has 2 heterocycles. The van der Waals surface area contributed by atoms with Gasteiger partial charge in [0.05, 0.1) is 17.2 Å². The fourth-order valence-corrected chi connectivity index (χ4v) is 4.31. The van der Waals surface area contributed by atoms with Crippen LogP contribution in [0.5, 0.6) is 0 Å². The summed E-state index contributed by atoms with van der Waals surface area (Å²) in [4.78, 5) is 12.1. The Balaban J connectivity index is 2.09. The van der Waals surface area contributed by atoms with Gasteiger partial charge in [-0.3, -0.25) is 4.79 Å². The van der Waals surface area contributed by atoms with Crippen molar-refractivity contribution >= 4 is 5.91 Å². The van der Waals surface area contributed by atoms with Crippen LogP contribution in [0.15, 0.2) is 30.3 Å². The number of carbonyl (C=O) groups excluding carboxylic acids is 1. The topological polar surface area (TPSA) is 38.3 Å². The third-order valence-corrected chi connectivity index (χ3v) is 4.94. The van der Waals surface area contributed by atoms with Gasteiger partial charge in [0, 0.05) is 11.8 Å². The summed E-state index contributed by atoms with van der Waals surface area (Å²) in [6.45, 7) is 8.48. The fraction of sp³-hybridized carbons (Fsp3) is 0.588. The summed E-state index contributed by atoms with van der Waals surface area (Å²) in [6, 6.07) is 10.3. The summed E-state index contributed by atoms with van der Waals surface area (Å²) >= 11 is 0. The zero-order valence-electron chi connectivity index (χ0n) is 12.7. The first-order chi connectivity index (χ1) is 9.26. The third kappa shape index (κ3) is 1.87. The Morgan fingerprint density at radius 1 is 1.15 bits per heavy atom. The lowest BCUT2D eigenvalue weighted by Gasteiger charge is -2.40. The van der Waals surface area contributed by atoms with Crippen molar-refractivity contribution in [1.82, 2.24) is 5.32 Å². The minimum Gasteiger partial charge on any atom is -0.369 e. The molecule has 3 heteroatoms. The lowest BCUT2D eigenvalue weighted by Crippen LogP contribution is -2.43.